The molecule has 0 aliphatic rings. The smallest absolute Gasteiger partial charge is 0.252 e. The molecule has 5 nitrogen and oxygen atoms in total. The predicted molar refractivity (Wildman–Crippen MR) is 111 cm³/mol. The third-order valence-corrected chi connectivity index (χ3v) is 4.65. The summed E-state index contributed by atoms with van der Waals surface area (Å²) in [6, 6.07) is 14.4. The van der Waals surface area contributed by atoms with Crippen molar-refractivity contribution < 1.29 is 9.59 Å². The van der Waals surface area contributed by atoms with Crippen molar-refractivity contribution in [2.45, 2.75) is 33.7 Å². The molecule has 0 radical (unpaired) electrons. The van der Waals surface area contributed by atoms with E-state index in [0.29, 0.717) is 11.3 Å². The Hall–Kier alpha value is -2.82. The number of rotatable bonds is 7. The van der Waals surface area contributed by atoms with Crippen LogP contribution in [0.25, 0.3) is 0 Å². The Labute approximate surface area is 161 Å². The normalized spacial score (nSPS) is 11.8. The molecule has 0 aliphatic heterocycles. The lowest BCUT2D eigenvalue weighted by Crippen LogP contribution is -2.47. The maximum atomic E-state index is 12.8. The number of carbonyl (C=O) groups is 2. The molecule has 2 amide bonds. The van der Waals surface area contributed by atoms with Crippen LogP contribution in [0.2, 0.25) is 0 Å². The van der Waals surface area contributed by atoms with Crippen molar-refractivity contribution in [1.82, 2.24) is 5.32 Å². The van der Waals surface area contributed by atoms with Crippen LogP contribution >= 0.6 is 0 Å². The number of carbonyl (C=O) groups excluding carboxylic acids is 2. The highest BCUT2D eigenvalue weighted by molar-refractivity contribution is 6.02. The third-order valence-electron chi connectivity index (χ3n) is 4.65. The number of anilines is 2. The van der Waals surface area contributed by atoms with Crippen LogP contribution in [0.15, 0.2) is 48.5 Å². The van der Waals surface area contributed by atoms with Gasteiger partial charge in [-0.3, -0.25) is 9.59 Å². The molecule has 0 heterocycles. The van der Waals surface area contributed by atoms with E-state index < -0.39 is 6.04 Å². The minimum Gasteiger partial charge on any atom is -0.375 e. The van der Waals surface area contributed by atoms with E-state index in [9.17, 15) is 9.59 Å². The van der Waals surface area contributed by atoms with Crippen LogP contribution < -0.4 is 15.5 Å². The van der Waals surface area contributed by atoms with Crippen molar-refractivity contribution in [3.8, 4) is 0 Å². The second-order valence-corrected chi connectivity index (χ2v) is 7.06. The van der Waals surface area contributed by atoms with Gasteiger partial charge < -0.3 is 15.5 Å². The SMILES string of the molecule is CCN(C)c1cccc(NC(=O)C(NC(=O)c2ccccc2C)C(C)C)c1. The zero-order valence-electron chi connectivity index (χ0n) is 16.7. The summed E-state index contributed by atoms with van der Waals surface area (Å²) >= 11 is 0. The van der Waals surface area contributed by atoms with Crippen LogP contribution in [-0.2, 0) is 4.79 Å². The largest absolute Gasteiger partial charge is 0.375 e. The summed E-state index contributed by atoms with van der Waals surface area (Å²) in [5, 5.41) is 5.81. The van der Waals surface area contributed by atoms with Gasteiger partial charge in [0, 0.05) is 30.5 Å². The molecule has 2 rings (SSSR count). The van der Waals surface area contributed by atoms with Gasteiger partial charge in [0.25, 0.3) is 5.91 Å². The zero-order chi connectivity index (χ0) is 20.0. The van der Waals surface area contributed by atoms with E-state index in [-0.39, 0.29) is 17.7 Å². The summed E-state index contributed by atoms with van der Waals surface area (Å²) in [6.45, 7) is 8.67. The first-order valence-electron chi connectivity index (χ1n) is 9.32. The van der Waals surface area contributed by atoms with E-state index in [2.05, 4.69) is 22.5 Å². The highest BCUT2D eigenvalue weighted by atomic mass is 16.2. The highest BCUT2D eigenvalue weighted by Crippen LogP contribution is 2.19. The van der Waals surface area contributed by atoms with E-state index >= 15 is 0 Å². The van der Waals surface area contributed by atoms with Crippen molar-refractivity contribution in [2.75, 3.05) is 23.8 Å². The quantitative estimate of drug-likeness (QED) is 0.781. The molecule has 5 heteroatoms. The minimum atomic E-state index is -0.621. The fourth-order valence-corrected chi connectivity index (χ4v) is 2.81. The first-order valence-corrected chi connectivity index (χ1v) is 9.32. The highest BCUT2D eigenvalue weighted by Gasteiger charge is 2.25. The first-order chi connectivity index (χ1) is 12.8. The number of aryl methyl sites for hydroxylation is 1. The van der Waals surface area contributed by atoms with Crippen molar-refractivity contribution in [3.63, 3.8) is 0 Å². The zero-order valence-corrected chi connectivity index (χ0v) is 16.7. The fraction of sp³-hybridized carbons (Fsp3) is 0.364. The molecule has 1 unspecified atom stereocenters. The van der Waals surface area contributed by atoms with Gasteiger partial charge in [-0.05, 0) is 49.6 Å². The molecule has 0 aromatic heterocycles. The lowest BCUT2D eigenvalue weighted by Gasteiger charge is -2.23. The molecule has 0 spiro atoms. The van der Waals surface area contributed by atoms with Crippen LogP contribution in [0.3, 0.4) is 0 Å². The van der Waals surface area contributed by atoms with Gasteiger partial charge in [-0.15, -0.1) is 0 Å². The fourth-order valence-electron chi connectivity index (χ4n) is 2.81. The summed E-state index contributed by atoms with van der Waals surface area (Å²) in [5.41, 5.74) is 3.21. The molecular weight excluding hydrogens is 338 g/mol. The summed E-state index contributed by atoms with van der Waals surface area (Å²) in [5.74, 6) is -0.496. The molecule has 2 aromatic carbocycles. The number of hydrogen-bond acceptors (Lipinski definition) is 3. The third kappa shape index (κ3) is 5.33. The van der Waals surface area contributed by atoms with Gasteiger partial charge in [-0.25, -0.2) is 0 Å². The summed E-state index contributed by atoms with van der Waals surface area (Å²) in [6.07, 6.45) is 0. The first kappa shape index (κ1) is 20.5. The molecule has 2 N–H and O–H groups in total. The molecule has 1 atom stereocenters. The van der Waals surface area contributed by atoms with E-state index in [1.54, 1.807) is 6.07 Å². The molecule has 0 fully saturated rings. The Morgan fingerprint density at radius 2 is 1.78 bits per heavy atom. The van der Waals surface area contributed by atoms with Gasteiger partial charge in [0.1, 0.15) is 6.04 Å². The number of nitrogens with zero attached hydrogens (tertiary/aromatic N) is 1. The average Bonchev–Trinajstić information content (AvgIpc) is 2.65. The maximum absolute atomic E-state index is 12.8. The van der Waals surface area contributed by atoms with Crippen LogP contribution in [0.1, 0.15) is 36.7 Å². The van der Waals surface area contributed by atoms with Crippen molar-refractivity contribution in [1.29, 1.82) is 0 Å². The Morgan fingerprint density at radius 3 is 2.41 bits per heavy atom. The summed E-state index contributed by atoms with van der Waals surface area (Å²) in [7, 11) is 2.00. The van der Waals surface area contributed by atoms with Gasteiger partial charge in [-0.1, -0.05) is 38.1 Å². The molecule has 0 saturated heterocycles. The number of benzene rings is 2. The number of hydrogen-bond donors (Lipinski definition) is 2. The monoisotopic (exact) mass is 367 g/mol. The Kier molecular flexibility index (Phi) is 6.99. The lowest BCUT2D eigenvalue weighted by atomic mass is 10.0. The molecular formula is C22H29N3O2. The van der Waals surface area contributed by atoms with Crippen molar-refractivity contribution in [2.24, 2.45) is 5.92 Å². The van der Waals surface area contributed by atoms with E-state index in [4.69, 9.17) is 0 Å². The molecule has 0 bridgehead atoms. The van der Waals surface area contributed by atoms with E-state index in [1.807, 2.05) is 70.3 Å². The van der Waals surface area contributed by atoms with Gasteiger partial charge in [0.05, 0.1) is 0 Å². The Morgan fingerprint density at radius 1 is 1.07 bits per heavy atom. The second-order valence-electron chi connectivity index (χ2n) is 7.06. The molecule has 2 aromatic rings. The van der Waals surface area contributed by atoms with Crippen LogP contribution in [0, 0.1) is 12.8 Å². The van der Waals surface area contributed by atoms with Crippen LogP contribution in [0.5, 0.6) is 0 Å². The Balaban J connectivity index is 2.14. The molecule has 144 valence electrons. The minimum absolute atomic E-state index is 0.0422. The van der Waals surface area contributed by atoms with E-state index in [0.717, 1.165) is 17.8 Å². The summed E-state index contributed by atoms with van der Waals surface area (Å²) in [4.78, 5) is 27.5. The second kappa shape index (κ2) is 9.21. The van der Waals surface area contributed by atoms with Gasteiger partial charge >= 0.3 is 0 Å². The molecule has 0 saturated carbocycles. The van der Waals surface area contributed by atoms with Gasteiger partial charge in [-0.2, -0.15) is 0 Å². The van der Waals surface area contributed by atoms with E-state index in [1.165, 1.54) is 0 Å². The maximum Gasteiger partial charge on any atom is 0.252 e. The van der Waals surface area contributed by atoms with Crippen molar-refractivity contribution in [3.05, 3.63) is 59.7 Å². The lowest BCUT2D eigenvalue weighted by molar-refractivity contribution is -0.118. The summed E-state index contributed by atoms with van der Waals surface area (Å²) < 4.78 is 0. The van der Waals surface area contributed by atoms with Gasteiger partial charge in [0.15, 0.2) is 0 Å². The molecule has 27 heavy (non-hydrogen) atoms. The van der Waals surface area contributed by atoms with Crippen LogP contribution in [0.4, 0.5) is 11.4 Å². The Bertz CT molecular complexity index is 802. The molecule has 0 aliphatic carbocycles. The van der Waals surface area contributed by atoms with Gasteiger partial charge in [0.2, 0.25) is 5.91 Å². The average molecular weight is 367 g/mol. The standard InChI is InChI=1S/C22H29N3O2/c1-6-25(5)18-12-9-11-17(14-18)23-22(27)20(15(2)3)24-21(26)19-13-8-7-10-16(19)4/h7-15,20H,6H2,1-5H3,(H,23,27)(H,24,26). The van der Waals surface area contributed by atoms with Crippen molar-refractivity contribution >= 4 is 23.2 Å². The van der Waals surface area contributed by atoms with Crippen LogP contribution in [-0.4, -0.2) is 31.4 Å². The number of nitrogens with one attached hydrogen (secondary N) is 2. The topological polar surface area (TPSA) is 61.4 Å². The predicted octanol–water partition coefficient (Wildman–Crippen LogP) is 3.84. The number of amides is 2.